The van der Waals surface area contributed by atoms with Gasteiger partial charge in [-0.2, -0.15) is 0 Å². The van der Waals surface area contributed by atoms with Gasteiger partial charge in [-0.1, -0.05) is 30.3 Å². The Bertz CT molecular complexity index is 844. The molecule has 0 spiro atoms. The summed E-state index contributed by atoms with van der Waals surface area (Å²) in [4.78, 5) is 16.5. The van der Waals surface area contributed by atoms with Gasteiger partial charge >= 0.3 is 0 Å². The molecule has 1 N–H and O–H groups in total. The summed E-state index contributed by atoms with van der Waals surface area (Å²) in [6, 6.07) is 15.3. The second-order valence-corrected chi connectivity index (χ2v) is 6.38. The molecule has 3 rings (SSSR count). The van der Waals surface area contributed by atoms with Gasteiger partial charge in [0.05, 0.1) is 0 Å². The number of thiazole rings is 1. The lowest BCUT2D eigenvalue weighted by atomic mass is 10.1. The van der Waals surface area contributed by atoms with Crippen LogP contribution in [0.5, 0.6) is 5.75 Å². The van der Waals surface area contributed by atoms with Gasteiger partial charge in [-0.25, -0.2) is 4.98 Å². The highest BCUT2D eigenvalue weighted by Crippen LogP contribution is 2.22. The first-order valence-corrected chi connectivity index (χ1v) is 8.51. The maximum atomic E-state index is 12.2. The van der Waals surface area contributed by atoms with Gasteiger partial charge in [0.25, 0.3) is 5.91 Å². The Labute approximate surface area is 145 Å². The van der Waals surface area contributed by atoms with Gasteiger partial charge in [-0.3, -0.25) is 4.79 Å². The van der Waals surface area contributed by atoms with E-state index in [9.17, 15) is 4.79 Å². The van der Waals surface area contributed by atoms with Crippen LogP contribution in [-0.2, 0) is 6.61 Å². The van der Waals surface area contributed by atoms with Crippen molar-refractivity contribution in [1.29, 1.82) is 0 Å². The quantitative estimate of drug-likeness (QED) is 0.740. The van der Waals surface area contributed by atoms with Crippen LogP contribution in [0, 0.1) is 13.8 Å². The number of carbonyl (C=O) groups excluding carboxylic acids is 1. The molecule has 0 bridgehead atoms. The fourth-order valence-corrected chi connectivity index (χ4v) is 2.90. The monoisotopic (exact) mass is 338 g/mol. The predicted octanol–water partition coefficient (Wildman–Crippen LogP) is 4.59. The van der Waals surface area contributed by atoms with Crippen molar-refractivity contribution in [2.24, 2.45) is 0 Å². The SMILES string of the molecule is Cc1cccc(OCc2nc(C(=O)Nc3ccccc3)cs2)c1C. The molecular weight excluding hydrogens is 320 g/mol. The summed E-state index contributed by atoms with van der Waals surface area (Å²) in [5.74, 6) is 0.635. The largest absolute Gasteiger partial charge is 0.486 e. The van der Waals surface area contributed by atoms with Crippen molar-refractivity contribution in [2.75, 3.05) is 5.32 Å². The molecule has 0 aliphatic heterocycles. The zero-order valence-corrected chi connectivity index (χ0v) is 14.4. The molecule has 0 atom stereocenters. The number of nitrogens with zero attached hydrogens (tertiary/aromatic N) is 1. The maximum Gasteiger partial charge on any atom is 0.275 e. The molecule has 5 heteroatoms. The van der Waals surface area contributed by atoms with Gasteiger partial charge in [0.2, 0.25) is 0 Å². The van der Waals surface area contributed by atoms with E-state index < -0.39 is 0 Å². The summed E-state index contributed by atoms with van der Waals surface area (Å²) in [7, 11) is 0. The molecule has 2 aromatic carbocycles. The number of aryl methyl sites for hydroxylation is 1. The van der Waals surface area contributed by atoms with E-state index in [1.54, 1.807) is 5.38 Å². The molecule has 0 radical (unpaired) electrons. The number of nitrogens with one attached hydrogen (secondary N) is 1. The van der Waals surface area contributed by atoms with Crippen LogP contribution in [0.1, 0.15) is 26.6 Å². The van der Waals surface area contributed by atoms with Crippen molar-refractivity contribution >= 4 is 22.9 Å². The van der Waals surface area contributed by atoms with Crippen LogP contribution in [0.3, 0.4) is 0 Å². The molecule has 0 aliphatic rings. The van der Waals surface area contributed by atoms with E-state index >= 15 is 0 Å². The molecule has 1 aromatic heterocycles. The summed E-state index contributed by atoms with van der Waals surface area (Å²) in [6.07, 6.45) is 0. The molecule has 0 aliphatic carbocycles. The highest BCUT2D eigenvalue weighted by Gasteiger charge is 2.12. The Hall–Kier alpha value is -2.66. The van der Waals surface area contributed by atoms with Gasteiger partial charge in [0.1, 0.15) is 23.1 Å². The molecule has 0 fully saturated rings. The molecule has 0 saturated carbocycles. The van der Waals surface area contributed by atoms with E-state index in [1.807, 2.05) is 49.4 Å². The van der Waals surface area contributed by atoms with Crippen LogP contribution in [0.4, 0.5) is 5.69 Å². The molecule has 3 aromatic rings. The van der Waals surface area contributed by atoms with Crippen LogP contribution in [0.2, 0.25) is 0 Å². The number of benzene rings is 2. The number of ether oxygens (including phenoxy) is 1. The number of anilines is 1. The van der Waals surface area contributed by atoms with Crippen LogP contribution in [-0.4, -0.2) is 10.9 Å². The van der Waals surface area contributed by atoms with Crippen molar-refractivity contribution in [3.05, 3.63) is 75.7 Å². The van der Waals surface area contributed by atoms with E-state index in [-0.39, 0.29) is 5.91 Å². The van der Waals surface area contributed by atoms with E-state index in [1.165, 1.54) is 16.9 Å². The molecule has 1 heterocycles. The van der Waals surface area contributed by atoms with Crippen molar-refractivity contribution < 1.29 is 9.53 Å². The number of amides is 1. The molecule has 0 saturated heterocycles. The summed E-state index contributed by atoms with van der Waals surface area (Å²) in [5.41, 5.74) is 3.47. The van der Waals surface area contributed by atoms with E-state index in [2.05, 4.69) is 23.3 Å². The predicted molar refractivity (Wildman–Crippen MR) is 96.8 cm³/mol. The van der Waals surface area contributed by atoms with Crippen molar-refractivity contribution in [2.45, 2.75) is 20.5 Å². The van der Waals surface area contributed by atoms with Crippen molar-refractivity contribution in [1.82, 2.24) is 4.98 Å². The van der Waals surface area contributed by atoms with Gasteiger partial charge in [-0.15, -0.1) is 11.3 Å². The topological polar surface area (TPSA) is 51.2 Å². The van der Waals surface area contributed by atoms with Gasteiger partial charge in [0, 0.05) is 11.1 Å². The molecule has 122 valence electrons. The Morgan fingerprint density at radius 3 is 2.71 bits per heavy atom. The molecule has 1 amide bonds. The summed E-state index contributed by atoms with van der Waals surface area (Å²) in [6.45, 7) is 4.44. The molecular formula is C19H18N2O2S. The second-order valence-electron chi connectivity index (χ2n) is 5.43. The van der Waals surface area contributed by atoms with Crippen molar-refractivity contribution in [3.8, 4) is 5.75 Å². The van der Waals surface area contributed by atoms with Gasteiger partial charge in [-0.05, 0) is 43.2 Å². The summed E-state index contributed by atoms with van der Waals surface area (Å²) in [5, 5.41) is 5.35. The number of rotatable bonds is 5. The van der Waals surface area contributed by atoms with Gasteiger partial charge < -0.3 is 10.1 Å². The Morgan fingerprint density at radius 1 is 1.12 bits per heavy atom. The lowest BCUT2D eigenvalue weighted by molar-refractivity contribution is 0.102. The average Bonchev–Trinajstić information content (AvgIpc) is 3.06. The molecule has 4 nitrogen and oxygen atoms in total. The number of carbonyl (C=O) groups is 1. The van der Waals surface area contributed by atoms with Crippen LogP contribution >= 0.6 is 11.3 Å². The number of hydrogen-bond acceptors (Lipinski definition) is 4. The normalized spacial score (nSPS) is 10.4. The van der Waals surface area contributed by atoms with Crippen molar-refractivity contribution in [3.63, 3.8) is 0 Å². The third-order valence-electron chi connectivity index (χ3n) is 3.72. The van der Waals surface area contributed by atoms with E-state index in [0.717, 1.165) is 22.0 Å². The molecule has 24 heavy (non-hydrogen) atoms. The smallest absolute Gasteiger partial charge is 0.275 e. The second kappa shape index (κ2) is 7.27. The lowest BCUT2D eigenvalue weighted by Gasteiger charge is -2.09. The van der Waals surface area contributed by atoms with Gasteiger partial charge in [0.15, 0.2) is 0 Å². The maximum absolute atomic E-state index is 12.2. The lowest BCUT2D eigenvalue weighted by Crippen LogP contribution is -2.12. The average molecular weight is 338 g/mol. The Kier molecular flexibility index (Phi) is 4.91. The third kappa shape index (κ3) is 3.81. The number of para-hydroxylation sites is 1. The van der Waals surface area contributed by atoms with E-state index in [4.69, 9.17) is 4.74 Å². The zero-order chi connectivity index (χ0) is 16.9. The van der Waals surface area contributed by atoms with E-state index in [0.29, 0.717) is 12.3 Å². The minimum absolute atomic E-state index is 0.213. The fourth-order valence-electron chi connectivity index (χ4n) is 2.22. The zero-order valence-electron chi connectivity index (χ0n) is 13.6. The highest BCUT2D eigenvalue weighted by atomic mass is 32.1. The Balaban J connectivity index is 1.63. The minimum Gasteiger partial charge on any atom is -0.486 e. The number of aromatic nitrogens is 1. The van der Waals surface area contributed by atoms with Crippen LogP contribution in [0.15, 0.2) is 53.9 Å². The first-order chi connectivity index (χ1) is 11.6. The number of hydrogen-bond donors (Lipinski definition) is 1. The summed E-state index contributed by atoms with van der Waals surface area (Å²) < 4.78 is 5.83. The first-order valence-electron chi connectivity index (χ1n) is 7.63. The Morgan fingerprint density at radius 2 is 1.92 bits per heavy atom. The standard InChI is InChI=1S/C19H18N2O2S/c1-13-7-6-10-17(14(13)2)23-11-18-21-16(12-24-18)19(22)20-15-8-4-3-5-9-15/h3-10,12H,11H2,1-2H3,(H,20,22). The summed E-state index contributed by atoms with van der Waals surface area (Å²) >= 11 is 1.42. The highest BCUT2D eigenvalue weighted by molar-refractivity contribution is 7.09. The van der Waals surface area contributed by atoms with Crippen LogP contribution in [0.25, 0.3) is 0 Å². The van der Waals surface area contributed by atoms with Crippen LogP contribution < -0.4 is 10.1 Å². The fraction of sp³-hybridized carbons (Fsp3) is 0.158. The molecule has 0 unspecified atom stereocenters. The first kappa shape index (κ1) is 16.2. The third-order valence-corrected chi connectivity index (χ3v) is 4.54. The minimum atomic E-state index is -0.213.